The number of aliphatic hydroxyl groups excluding tert-OH is 1. The summed E-state index contributed by atoms with van der Waals surface area (Å²) in [5, 5.41) is 22.7. The largest absolute Gasteiger partial charge is 0.507 e. The highest BCUT2D eigenvalue weighted by molar-refractivity contribution is 7.98. The van der Waals surface area contributed by atoms with Crippen molar-refractivity contribution in [2.75, 3.05) is 43.8 Å². The normalized spacial score (nSPS) is 12.3. The van der Waals surface area contributed by atoms with Crippen molar-refractivity contribution in [2.24, 2.45) is 11.8 Å². The Kier molecular flexibility index (Phi) is 20.8. The van der Waals surface area contributed by atoms with Gasteiger partial charge in [0.15, 0.2) is 0 Å². The van der Waals surface area contributed by atoms with Gasteiger partial charge in [-0.3, -0.25) is 19.2 Å². The second kappa shape index (κ2) is 24.9. The van der Waals surface area contributed by atoms with Crippen LogP contribution in [0, 0.1) is 11.8 Å². The zero-order valence-electron chi connectivity index (χ0n) is 34.8. The van der Waals surface area contributed by atoms with Crippen LogP contribution in [0.5, 0.6) is 17.2 Å². The summed E-state index contributed by atoms with van der Waals surface area (Å²) in [5.74, 6) is 2.90. The molecular formula is C45H62O10S2. The molecule has 0 unspecified atom stereocenters. The summed E-state index contributed by atoms with van der Waals surface area (Å²) in [4.78, 5) is 50.7. The molecule has 314 valence electrons. The number of aliphatic hydroxyl groups is 1. The number of ether oxygens (including phenoxy) is 3. The third kappa shape index (κ3) is 14.9. The first-order chi connectivity index (χ1) is 27.3. The molecule has 0 spiro atoms. The van der Waals surface area contributed by atoms with E-state index in [1.165, 1.54) is 0 Å². The second-order valence-electron chi connectivity index (χ2n) is 15.2. The molecule has 10 nitrogen and oxygen atoms in total. The molecule has 1 heterocycles. The molecule has 3 rings (SSSR count). The third-order valence-corrected chi connectivity index (χ3v) is 11.1. The number of phenolic OH excluding ortho intramolecular Hbond substituents is 1. The van der Waals surface area contributed by atoms with E-state index in [1.54, 1.807) is 35.7 Å². The van der Waals surface area contributed by atoms with E-state index in [0.29, 0.717) is 85.5 Å². The maximum atomic E-state index is 14.5. The fraction of sp³-hybridized carbons (Fsp3) is 0.556. The smallest absolute Gasteiger partial charge is 0.293 e. The number of thioether (sulfide) groups is 2. The number of ketones is 2. The van der Waals surface area contributed by atoms with Crippen LogP contribution in [-0.4, -0.2) is 72.1 Å². The summed E-state index contributed by atoms with van der Waals surface area (Å²) >= 11 is 3.45. The van der Waals surface area contributed by atoms with E-state index in [-0.39, 0.29) is 71.4 Å². The van der Waals surface area contributed by atoms with Crippen LogP contribution in [0.25, 0.3) is 21.9 Å². The summed E-state index contributed by atoms with van der Waals surface area (Å²) in [6, 6.07) is 3.22. The fourth-order valence-electron chi connectivity index (χ4n) is 6.67. The van der Waals surface area contributed by atoms with Crippen molar-refractivity contribution in [3.63, 3.8) is 0 Å². The van der Waals surface area contributed by atoms with Gasteiger partial charge in [-0.25, -0.2) is 0 Å². The summed E-state index contributed by atoms with van der Waals surface area (Å²) in [6.45, 7) is 10.5. The first kappa shape index (κ1) is 47.6. The Balaban J connectivity index is 1.98. The minimum absolute atomic E-state index is 0.0188. The molecule has 57 heavy (non-hydrogen) atoms. The van der Waals surface area contributed by atoms with Gasteiger partial charge in [-0.15, -0.1) is 0 Å². The Morgan fingerprint density at radius 3 is 1.91 bits per heavy atom. The van der Waals surface area contributed by atoms with Gasteiger partial charge >= 0.3 is 0 Å². The lowest BCUT2D eigenvalue weighted by Gasteiger charge is -2.18. The minimum Gasteiger partial charge on any atom is -0.507 e. The van der Waals surface area contributed by atoms with Crippen molar-refractivity contribution in [3.05, 3.63) is 62.3 Å². The van der Waals surface area contributed by atoms with Crippen molar-refractivity contribution in [1.29, 1.82) is 0 Å². The molecule has 0 saturated carbocycles. The van der Waals surface area contributed by atoms with Gasteiger partial charge in [0.2, 0.25) is 5.43 Å². The van der Waals surface area contributed by atoms with Crippen LogP contribution in [0.15, 0.2) is 44.6 Å². The molecule has 0 bridgehead atoms. The summed E-state index contributed by atoms with van der Waals surface area (Å²) in [5.41, 5.74) is 3.37. The van der Waals surface area contributed by atoms with E-state index in [1.807, 2.05) is 46.1 Å². The first-order valence-electron chi connectivity index (χ1n) is 19.8. The maximum absolute atomic E-state index is 14.5. The Morgan fingerprint density at radius 1 is 0.807 bits per heavy atom. The highest BCUT2D eigenvalue weighted by Crippen LogP contribution is 2.39. The molecule has 2 atom stereocenters. The number of hydrogen-bond acceptors (Lipinski definition) is 12. The number of carbonyl (C=O) groups is 3. The molecule has 0 fully saturated rings. The Bertz CT molecular complexity index is 1920. The minimum atomic E-state index is -0.437. The Morgan fingerprint density at radius 2 is 1.35 bits per heavy atom. The molecule has 3 aromatic rings. The van der Waals surface area contributed by atoms with Crippen LogP contribution in [0.1, 0.15) is 103 Å². The summed E-state index contributed by atoms with van der Waals surface area (Å²) in [6.07, 6.45) is 12.8. The SMILES string of the molecule is CSCC[C@H](C)CC(=O)CCCOc1cc2oc3cc(OCCCC(=O)C[C@@H](CCSC)COC=O)c(CO)c(CC=C(C)C)c3c(=O)c2c(O)c1CC=C(C)C. The van der Waals surface area contributed by atoms with Gasteiger partial charge < -0.3 is 28.8 Å². The monoisotopic (exact) mass is 826 g/mol. The van der Waals surface area contributed by atoms with Crippen molar-refractivity contribution in [3.8, 4) is 17.2 Å². The van der Waals surface area contributed by atoms with Crippen molar-refractivity contribution in [2.45, 2.75) is 105 Å². The van der Waals surface area contributed by atoms with Crippen LogP contribution in [0.4, 0.5) is 0 Å². The van der Waals surface area contributed by atoms with E-state index in [0.717, 1.165) is 35.5 Å². The average Bonchev–Trinajstić information content (AvgIpc) is 3.16. The van der Waals surface area contributed by atoms with Crippen molar-refractivity contribution >= 4 is 63.5 Å². The molecular weight excluding hydrogens is 765 g/mol. The zero-order chi connectivity index (χ0) is 41.9. The number of carbonyl (C=O) groups excluding carboxylic acids is 3. The van der Waals surface area contributed by atoms with E-state index < -0.39 is 12.0 Å². The summed E-state index contributed by atoms with van der Waals surface area (Å²) < 4.78 is 23.7. The van der Waals surface area contributed by atoms with Gasteiger partial charge in [-0.1, -0.05) is 30.2 Å². The van der Waals surface area contributed by atoms with E-state index in [2.05, 4.69) is 13.2 Å². The van der Waals surface area contributed by atoms with Crippen LogP contribution >= 0.6 is 23.5 Å². The lowest BCUT2D eigenvalue weighted by atomic mass is 9.95. The second-order valence-corrected chi connectivity index (χ2v) is 17.2. The number of allylic oxidation sites excluding steroid dienone is 4. The van der Waals surface area contributed by atoms with Crippen LogP contribution in [0.3, 0.4) is 0 Å². The molecule has 0 radical (unpaired) electrons. The number of rotatable bonds is 28. The van der Waals surface area contributed by atoms with Crippen molar-refractivity contribution < 1.29 is 43.2 Å². The average molecular weight is 827 g/mol. The first-order valence-corrected chi connectivity index (χ1v) is 22.6. The Labute approximate surface area is 346 Å². The molecule has 0 aliphatic heterocycles. The number of fused-ring (bicyclic) bond motifs is 2. The van der Waals surface area contributed by atoms with E-state index in [4.69, 9.17) is 18.6 Å². The van der Waals surface area contributed by atoms with E-state index in [9.17, 15) is 29.4 Å². The molecule has 0 aliphatic carbocycles. The lowest BCUT2D eigenvalue weighted by molar-refractivity contribution is -0.131. The number of aromatic hydroxyl groups is 1. The molecule has 1 aromatic heterocycles. The fourth-order valence-corrected chi connectivity index (χ4v) is 7.88. The third-order valence-electron chi connectivity index (χ3n) is 9.81. The number of Topliss-reactive ketones (excluding diaryl/α,β-unsaturated/α-hetero) is 2. The van der Waals surface area contributed by atoms with Crippen LogP contribution in [0.2, 0.25) is 0 Å². The topological polar surface area (TPSA) is 150 Å². The zero-order valence-corrected chi connectivity index (χ0v) is 36.5. The number of benzene rings is 2. The quantitative estimate of drug-likeness (QED) is 0.0311. The highest BCUT2D eigenvalue weighted by Gasteiger charge is 2.24. The van der Waals surface area contributed by atoms with E-state index >= 15 is 0 Å². The summed E-state index contributed by atoms with van der Waals surface area (Å²) in [7, 11) is 0. The standard InChI is InChI=1S/C45H62O10S2/c1-29(2)12-14-35-37(26-46)39(54-19-9-11-34(49)23-32(17-21-57-7)27-52-28-47)25-40-42(35)45(51)43-41(55-40)24-38(36(44(43)50)15-13-30(3)4)53-18-8-10-33(48)22-31(5)16-20-56-6/h12-13,24-25,28,31-32,46,50H,8-11,14-23,26-27H2,1-7H3/t31-,32+/m0/s1. The van der Waals surface area contributed by atoms with Gasteiger partial charge in [-0.05, 0) is 102 Å². The molecule has 2 aromatic carbocycles. The van der Waals surface area contributed by atoms with Gasteiger partial charge in [0.05, 0.1) is 31.8 Å². The van der Waals surface area contributed by atoms with Crippen LogP contribution in [-0.2, 0) is 38.6 Å². The Hall–Kier alpha value is -3.74. The predicted molar refractivity (Wildman–Crippen MR) is 233 cm³/mol. The predicted octanol–water partition coefficient (Wildman–Crippen LogP) is 9.33. The molecule has 0 saturated heterocycles. The molecule has 2 N–H and O–H groups in total. The highest BCUT2D eigenvalue weighted by atomic mass is 32.2. The number of hydrogen-bond donors (Lipinski definition) is 2. The molecule has 0 amide bonds. The van der Waals surface area contributed by atoms with Gasteiger partial charge in [-0.2, -0.15) is 23.5 Å². The van der Waals surface area contributed by atoms with Gasteiger partial charge in [0.25, 0.3) is 6.47 Å². The number of phenols is 1. The van der Waals surface area contributed by atoms with Gasteiger partial charge in [0, 0.05) is 54.9 Å². The van der Waals surface area contributed by atoms with Crippen molar-refractivity contribution in [1.82, 2.24) is 0 Å². The molecule has 0 aliphatic rings. The lowest BCUT2D eigenvalue weighted by Crippen LogP contribution is -2.16. The van der Waals surface area contributed by atoms with Crippen LogP contribution < -0.4 is 14.9 Å². The maximum Gasteiger partial charge on any atom is 0.293 e. The molecule has 12 heteroatoms. The van der Waals surface area contributed by atoms with Gasteiger partial charge in [0.1, 0.15) is 45.4 Å².